The molecule has 27 heavy (non-hydrogen) atoms. The second-order valence-electron chi connectivity index (χ2n) is 6.62. The quantitative estimate of drug-likeness (QED) is 0.404. The molecule has 0 bridgehead atoms. The summed E-state index contributed by atoms with van der Waals surface area (Å²) >= 11 is 0. The van der Waals surface area contributed by atoms with E-state index in [2.05, 4.69) is 70.0 Å². The summed E-state index contributed by atoms with van der Waals surface area (Å²) in [5, 5.41) is 2.58. The number of hydrogen-bond acceptors (Lipinski definition) is 2. The van der Waals surface area contributed by atoms with Gasteiger partial charge in [-0.3, -0.25) is 9.97 Å². The van der Waals surface area contributed by atoms with Crippen molar-refractivity contribution in [2.24, 2.45) is 0 Å². The first-order valence-electron chi connectivity index (χ1n) is 9.23. The first-order chi connectivity index (χ1) is 13.4. The Morgan fingerprint density at radius 1 is 0.704 bits per heavy atom. The van der Waals surface area contributed by atoms with Crippen molar-refractivity contribution in [1.29, 1.82) is 0 Å². The zero-order chi connectivity index (χ0) is 18.2. The molecule has 2 aromatic carbocycles. The van der Waals surface area contributed by atoms with Gasteiger partial charge in [0.25, 0.3) is 0 Å². The second-order valence-corrected chi connectivity index (χ2v) is 6.62. The number of hydrogen-bond donors (Lipinski definition) is 0. The maximum atomic E-state index is 4.44. The van der Waals surface area contributed by atoms with Crippen LogP contribution in [-0.2, 0) is 6.54 Å². The average Bonchev–Trinajstić information content (AvgIpc) is 3.08. The number of benzene rings is 2. The van der Waals surface area contributed by atoms with Crippen LogP contribution in [0.25, 0.3) is 44.1 Å². The molecule has 0 unspecified atom stereocenters. The molecular weight excluding hydrogens is 330 g/mol. The number of fused-ring (bicyclic) bond motifs is 3. The van der Waals surface area contributed by atoms with Gasteiger partial charge in [0.05, 0.1) is 5.52 Å². The zero-order valence-corrected chi connectivity index (χ0v) is 15.1. The van der Waals surface area contributed by atoms with Crippen LogP contribution < -0.4 is 0 Å². The molecule has 0 saturated heterocycles. The largest absolute Gasteiger partial charge is 0.340 e. The minimum atomic E-state index is 0.922. The Morgan fingerprint density at radius 2 is 1.48 bits per heavy atom. The number of nitrogens with zero attached hydrogens (tertiary/aromatic N) is 3. The van der Waals surface area contributed by atoms with Crippen molar-refractivity contribution in [2.45, 2.75) is 13.5 Å². The third-order valence-corrected chi connectivity index (χ3v) is 5.21. The predicted molar refractivity (Wildman–Crippen MR) is 112 cm³/mol. The lowest BCUT2D eigenvalue weighted by Gasteiger charge is -2.13. The van der Waals surface area contributed by atoms with Gasteiger partial charge in [-0.05, 0) is 42.3 Å². The smallest absolute Gasteiger partial charge is 0.0571 e. The normalized spacial score (nSPS) is 11.3. The van der Waals surface area contributed by atoms with E-state index in [1.165, 1.54) is 32.9 Å². The van der Waals surface area contributed by atoms with Crippen molar-refractivity contribution in [2.75, 3.05) is 0 Å². The summed E-state index contributed by atoms with van der Waals surface area (Å²) in [6, 6.07) is 21.4. The highest BCUT2D eigenvalue weighted by atomic mass is 15.0. The van der Waals surface area contributed by atoms with Crippen molar-refractivity contribution >= 4 is 21.8 Å². The third-order valence-electron chi connectivity index (χ3n) is 5.21. The first-order valence-corrected chi connectivity index (χ1v) is 9.23. The van der Waals surface area contributed by atoms with Gasteiger partial charge in [0.2, 0.25) is 0 Å². The van der Waals surface area contributed by atoms with Crippen molar-refractivity contribution in [3.8, 4) is 22.3 Å². The summed E-state index contributed by atoms with van der Waals surface area (Å²) < 4.78 is 2.41. The lowest BCUT2D eigenvalue weighted by molar-refractivity contribution is 0.828. The van der Waals surface area contributed by atoms with Crippen LogP contribution in [0.1, 0.15) is 6.92 Å². The highest BCUT2D eigenvalue weighted by Gasteiger charge is 2.16. The number of aryl methyl sites for hydroxylation is 1. The van der Waals surface area contributed by atoms with E-state index in [4.69, 9.17) is 0 Å². The van der Waals surface area contributed by atoms with E-state index in [-0.39, 0.29) is 0 Å². The Morgan fingerprint density at radius 3 is 2.33 bits per heavy atom. The fourth-order valence-corrected chi connectivity index (χ4v) is 4.05. The minimum Gasteiger partial charge on any atom is -0.340 e. The van der Waals surface area contributed by atoms with E-state index in [1.807, 2.05) is 36.9 Å². The van der Waals surface area contributed by atoms with Gasteiger partial charge in [-0.15, -0.1) is 0 Å². The Hall–Kier alpha value is -3.46. The Kier molecular flexibility index (Phi) is 3.72. The van der Waals surface area contributed by atoms with Gasteiger partial charge in [0.1, 0.15) is 0 Å². The summed E-state index contributed by atoms with van der Waals surface area (Å²) in [6.45, 7) is 3.13. The van der Waals surface area contributed by atoms with Gasteiger partial charge < -0.3 is 4.57 Å². The highest BCUT2D eigenvalue weighted by molar-refractivity contribution is 6.13. The first kappa shape index (κ1) is 15.8. The van der Waals surface area contributed by atoms with E-state index < -0.39 is 0 Å². The lowest BCUT2D eigenvalue weighted by Crippen LogP contribution is -1.96. The van der Waals surface area contributed by atoms with Crippen LogP contribution in [-0.4, -0.2) is 14.5 Å². The number of para-hydroxylation sites is 2. The zero-order valence-electron chi connectivity index (χ0n) is 15.1. The molecule has 0 aliphatic heterocycles. The fourth-order valence-electron chi connectivity index (χ4n) is 4.05. The van der Waals surface area contributed by atoms with E-state index in [9.17, 15) is 0 Å². The number of pyridine rings is 2. The summed E-state index contributed by atoms with van der Waals surface area (Å²) in [4.78, 5) is 8.60. The van der Waals surface area contributed by atoms with Crippen molar-refractivity contribution in [3.05, 3.63) is 85.5 Å². The van der Waals surface area contributed by atoms with Crippen LogP contribution in [0.3, 0.4) is 0 Å². The molecule has 0 amide bonds. The number of rotatable bonds is 3. The molecule has 3 aromatic heterocycles. The molecule has 0 N–H and O–H groups in total. The molecule has 3 heteroatoms. The maximum Gasteiger partial charge on any atom is 0.0571 e. The van der Waals surface area contributed by atoms with Gasteiger partial charge in [-0.25, -0.2) is 0 Å². The molecule has 0 radical (unpaired) electrons. The van der Waals surface area contributed by atoms with Gasteiger partial charge in [-0.1, -0.05) is 36.4 Å². The topological polar surface area (TPSA) is 30.7 Å². The third kappa shape index (κ3) is 2.43. The molecule has 130 valence electrons. The molecule has 3 nitrogen and oxygen atoms in total. The average molecular weight is 349 g/mol. The van der Waals surface area contributed by atoms with Crippen molar-refractivity contribution in [3.63, 3.8) is 0 Å². The molecule has 0 aliphatic rings. The van der Waals surface area contributed by atoms with Crippen LogP contribution in [0.15, 0.2) is 85.5 Å². The van der Waals surface area contributed by atoms with Gasteiger partial charge >= 0.3 is 0 Å². The molecule has 0 fully saturated rings. The standard InChI is InChI=1S/C24H19N3/c1-2-27-23-9-4-3-6-19(23)20-7-5-8-21(24(20)27)22-16-26-15-12-18(22)17-10-13-25-14-11-17/h3-16H,2H2,1H3. The SMILES string of the molecule is CCn1c2ccccc2c2cccc(-c3cnccc3-c3ccncc3)c21. The van der Waals surface area contributed by atoms with E-state index in [0.717, 1.165) is 17.7 Å². The summed E-state index contributed by atoms with van der Waals surface area (Å²) in [6.07, 6.45) is 7.50. The molecule has 3 heterocycles. The lowest BCUT2D eigenvalue weighted by atomic mass is 9.95. The number of aromatic nitrogens is 3. The van der Waals surface area contributed by atoms with Crippen molar-refractivity contribution < 1.29 is 0 Å². The van der Waals surface area contributed by atoms with Gasteiger partial charge in [0, 0.05) is 58.7 Å². The van der Waals surface area contributed by atoms with E-state index >= 15 is 0 Å². The van der Waals surface area contributed by atoms with Crippen LogP contribution in [0.2, 0.25) is 0 Å². The Bertz CT molecular complexity index is 1250. The molecule has 5 rings (SSSR count). The fraction of sp³-hybridized carbons (Fsp3) is 0.0833. The Balaban J connectivity index is 1.88. The second kappa shape index (κ2) is 6.36. The highest BCUT2D eigenvalue weighted by Crippen LogP contribution is 2.39. The Labute approximate surface area is 157 Å². The molecule has 0 spiro atoms. The van der Waals surface area contributed by atoms with Crippen LogP contribution in [0.5, 0.6) is 0 Å². The predicted octanol–water partition coefficient (Wildman–Crippen LogP) is 5.94. The van der Waals surface area contributed by atoms with Gasteiger partial charge in [0.15, 0.2) is 0 Å². The summed E-state index contributed by atoms with van der Waals surface area (Å²) in [5.74, 6) is 0. The molecular formula is C24H19N3. The van der Waals surface area contributed by atoms with Crippen molar-refractivity contribution in [1.82, 2.24) is 14.5 Å². The van der Waals surface area contributed by atoms with E-state index in [1.54, 1.807) is 0 Å². The van der Waals surface area contributed by atoms with Gasteiger partial charge in [-0.2, -0.15) is 0 Å². The molecule has 0 atom stereocenters. The maximum absolute atomic E-state index is 4.44. The summed E-state index contributed by atoms with van der Waals surface area (Å²) in [5.41, 5.74) is 7.23. The minimum absolute atomic E-state index is 0.922. The van der Waals surface area contributed by atoms with Crippen LogP contribution in [0.4, 0.5) is 0 Å². The molecule has 5 aromatic rings. The van der Waals surface area contributed by atoms with Crippen LogP contribution in [0, 0.1) is 0 Å². The summed E-state index contributed by atoms with van der Waals surface area (Å²) in [7, 11) is 0. The molecule has 0 aliphatic carbocycles. The van der Waals surface area contributed by atoms with E-state index in [0.29, 0.717) is 0 Å². The monoisotopic (exact) mass is 349 g/mol. The van der Waals surface area contributed by atoms with Crippen LogP contribution >= 0.6 is 0 Å². The molecule has 0 saturated carbocycles.